The average molecular weight is 334 g/mol. The zero-order chi connectivity index (χ0) is 17.7. The molecule has 2 rings (SSSR count). The van der Waals surface area contributed by atoms with Gasteiger partial charge in [-0.2, -0.15) is 0 Å². The van der Waals surface area contributed by atoms with Crippen molar-refractivity contribution in [1.29, 1.82) is 0 Å². The number of nitrogens with two attached hydrogens (primary N) is 1. The molecule has 1 unspecified atom stereocenters. The van der Waals surface area contributed by atoms with Gasteiger partial charge in [0, 0.05) is 40.7 Å². The van der Waals surface area contributed by atoms with Crippen LogP contribution in [0.1, 0.15) is 19.8 Å². The van der Waals surface area contributed by atoms with Crippen molar-refractivity contribution in [3.8, 4) is 0 Å². The van der Waals surface area contributed by atoms with Crippen LogP contribution < -0.4 is 21.3 Å². The van der Waals surface area contributed by atoms with Crippen molar-refractivity contribution in [1.82, 2.24) is 15.2 Å². The summed E-state index contributed by atoms with van der Waals surface area (Å²) in [6.45, 7) is 3.29. The van der Waals surface area contributed by atoms with Crippen molar-refractivity contribution in [2.45, 2.75) is 25.8 Å². The predicted molar refractivity (Wildman–Crippen MR) is 94.9 cm³/mol. The number of pyridine rings is 1. The lowest BCUT2D eigenvalue weighted by molar-refractivity contribution is -0.129. The topological polar surface area (TPSA) is 104 Å². The molecule has 8 heteroatoms. The number of hydrogen-bond donors (Lipinski definition) is 3. The van der Waals surface area contributed by atoms with E-state index in [0.717, 1.165) is 25.2 Å². The highest BCUT2D eigenvalue weighted by Crippen LogP contribution is 2.28. The molecule has 1 fully saturated rings. The van der Waals surface area contributed by atoms with Crippen LogP contribution in [0.4, 0.5) is 17.3 Å². The van der Waals surface area contributed by atoms with E-state index >= 15 is 0 Å². The smallest absolute Gasteiger partial charge is 0.244 e. The van der Waals surface area contributed by atoms with Crippen LogP contribution in [0.15, 0.2) is 12.1 Å². The van der Waals surface area contributed by atoms with Crippen molar-refractivity contribution in [3.05, 3.63) is 12.1 Å². The van der Waals surface area contributed by atoms with Gasteiger partial charge in [-0.3, -0.25) is 9.59 Å². The van der Waals surface area contributed by atoms with Crippen LogP contribution >= 0.6 is 0 Å². The molecule has 0 aliphatic carbocycles. The van der Waals surface area contributed by atoms with Gasteiger partial charge < -0.3 is 26.2 Å². The Morgan fingerprint density at radius 3 is 2.79 bits per heavy atom. The molecule has 2 amide bonds. The van der Waals surface area contributed by atoms with Gasteiger partial charge in [-0.25, -0.2) is 4.98 Å². The Labute approximate surface area is 142 Å². The van der Waals surface area contributed by atoms with Gasteiger partial charge in [-0.1, -0.05) is 0 Å². The van der Waals surface area contributed by atoms with E-state index < -0.39 is 0 Å². The summed E-state index contributed by atoms with van der Waals surface area (Å²) < 4.78 is 0. The number of anilines is 3. The molecule has 0 saturated carbocycles. The van der Waals surface area contributed by atoms with Gasteiger partial charge in [0.1, 0.15) is 11.9 Å². The molecule has 1 aliphatic heterocycles. The number of hydrogen-bond acceptors (Lipinski definition) is 6. The number of nitrogen functional groups attached to an aromatic ring is 1. The number of carbonyl (C=O) groups excluding carboxylic acids is 2. The van der Waals surface area contributed by atoms with Crippen LogP contribution in [0.3, 0.4) is 0 Å². The van der Waals surface area contributed by atoms with Crippen molar-refractivity contribution in [3.63, 3.8) is 0 Å². The van der Waals surface area contributed by atoms with Crippen LogP contribution in [0, 0.1) is 0 Å². The van der Waals surface area contributed by atoms with E-state index in [4.69, 9.17) is 5.73 Å². The van der Waals surface area contributed by atoms with Crippen LogP contribution in [0.5, 0.6) is 0 Å². The molecule has 1 saturated heterocycles. The SMILES string of the molecule is CC(=O)NCCNc1nc(N2CCCC2C(=O)N(C)C)ccc1N. The number of amides is 2. The normalized spacial score (nSPS) is 16.8. The Hall–Kier alpha value is -2.51. The van der Waals surface area contributed by atoms with Gasteiger partial charge in [-0.05, 0) is 25.0 Å². The molecule has 1 aliphatic rings. The Morgan fingerprint density at radius 2 is 2.12 bits per heavy atom. The van der Waals surface area contributed by atoms with E-state index in [-0.39, 0.29) is 17.9 Å². The third-order valence-electron chi connectivity index (χ3n) is 3.98. The zero-order valence-corrected chi connectivity index (χ0v) is 14.5. The Bertz CT molecular complexity index is 604. The summed E-state index contributed by atoms with van der Waals surface area (Å²) in [4.78, 5) is 31.4. The van der Waals surface area contributed by atoms with Crippen molar-refractivity contribution in [2.75, 3.05) is 49.7 Å². The van der Waals surface area contributed by atoms with E-state index in [9.17, 15) is 9.59 Å². The lowest BCUT2D eigenvalue weighted by Gasteiger charge is -2.27. The number of nitrogens with zero attached hydrogens (tertiary/aromatic N) is 3. The minimum absolute atomic E-state index is 0.0754. The summed E-state index contributed by atoms with van der Waals surface area (Å²) in [5.74, 6) is 1.32. The first-order chi connectivity index (χ1) is 11.4. The summed E-state index contributed by atoms with van der Waals surface area (Å²) >= 11 is 0. The fraction of sp³-hybridized carbons (Fsp3) is 0.562. The molecule has 0 bridgehead atoms. The summed E-state index contributed by atoms with van der Waals surface area (Å²) in [6.07, 6.45) is 1.79. The average Bonchev–Trinajstić information content (AvgIpc) is 3.01. The van der Waals surface area contributed by atoms with E-state index in [0.29, 0.717) is 24.6 Å². The quantitative estimate of drug-likeness (QED) is 0.645. The summed E-state index contributed by atoms with van der Waals surface area (Å²) in [6, 6.07) is 3.46. The number of carbonyl (C=O) groups is 2. The Balaban J connectivity index is 2.09. The third kappa shape index (κ3) is 4.27. The maximum Gasteiger partial charge on any atom is 0.244 e. The zero-order valence-electron chi connectivity index (χ0n) is 14.5. The highest BCUT2D eigenvalue weighted by Gasteiger charge is 2.32. The number of nitrogens with one attached hydrogen (secondary N) is 2. The fourth-order valence-corrected chi connectivity index (χ4v) is 2.78. The molecule has 0 spiro atoms. The molecule has 132 valence electrons. The molecular weight excluding hydrogens is 308 g/mol. The fourth-order valence-electron chi connectivity index (χ4n) is 2.78. The minimum Gasteiger partial charge on any atom is -0.396 e. The maximum atomic E-state index is 12.3. The molecule has 4 N–H and O–H groups in total. The third-order valence-corrected chi connectivity index (χ3v) is 3.98. The Kier molecular flexibility index (Phi) is 5.83. The minimum atomic E-state index is -0.177. The number of likely N-dealkylation sites (N-methyl/N-ethyl adjacent to an activating group) is 1. The van der Waals surface area contributed by atoms with E-state index in [1.54, 1.807) is 25.1 Å². The van der Waals surface area contributed by atoms with Crippen LogP contribution in [-0.2, 0) is 9.59 Å². The second-order valence-corrected chi connectivity index (χ2v) is 6.10. The van der Waals surface area contributed by atoms with Gasteiger partial charge >= 0.3 is 0 Å². The molecule has 1 aromatic rings. The van der Waals surface area contributed by atoms with Crippen molar-refractivity contribution >= 4 is 29.1 Å². The molecule has 1 aromatic heterocycles. The van der Waals surface area contributed by atoms with E-state index in [1.165, 1.54) is 6.92 Å². The van der Waals surface area contributed by atoms with Gasteiger partial charge in [-0.15, -0.1) is 0 Å². The molecule has 24 heavy (non-hydrogen) atoms. The monoisotopic (exact) mass is 334 g/mol. The standard InChI is InChI=1S/C16H26N6O2/c1-11(23)18-8-9-19-15-12(17)6-7-14(20-15)22-10-4-5-13(22)16(24)21(2)3/h6-7,13H,4-5,8-10,17H2,1-3H3,(H,18,23)(H,19,20). The highest BCUT2D eigenvalue weighted by molar-refractivity contribution is 5.85. The van der Waals surface area contributed by atoms with Gasteiger partial charge in [0.25, 0.3) is 0 Å². The van der Waals surface area contributed by atoms with Crippen LogP contribution in [-0.4, -0.2) is 61.5 Å². The molecular formula is C16H26N6O2. The van der Waals surface area contributed by atoms with Crippen molar-refractivity contribution in [2.24, 2.45) is 0 Å². The summed E-state index contributed by atoms with van der Waals surface area (Å²) in [5, 5.41) is 5.83. The largest absolute Gasteiger partial charge is 0.396 e. The maximum absolute atomic E-state index is 12.3. The molecule has 2 heterocycles. The lowest BCUT2D eigenvalue weighted by Crippen LogP contribution is -2.43. The molecule has 8 nitrogen and oxygen atoms in total. The molecule has 1 atom stereocenters. The second kappa shape index (κ2) is 7.85. The predicted octanol–water partition coefficient (Wildman–Crippen LogP) is 0.269. The van der Waals surface area contributed by atoms with E-state index in [1.807, 2.05) is 11.0 Å². The summed E-state index contributed by atoms with van der Waals surface area (Å²) in [5.41, 5.74) is 6.51. The lowest BCUT2D eigenvalue weighted by atomic mass is 10.2. The molecule has 0 radical (unpaired) electrons. The van der Waals surface area contributed by atoms with Gasteiger partial charge in [0.15, 0.2) is 5.82 Å². The van der Waals surface area contributed by atoms with Crippen molar-refractivity contribution < 1.29 is 9.59 Å². The van der Waals surface area contributed by atoms with Gasteiger partial charge in [0.05, 0.1) is 5.69 Å². The number of rotatable bonds is 6. The van der Waals surface area contributed by atoms with Crippen LogP contribution in [0.25, 0.3) is 0 Å². The first-order valence-electron chi connectivity index (χ1n) is 8.12. The first kappa shape index (κ1) is 17.8. The van der Waals surface area contributed by atoms with Crippen LogP contribution in [0.2, 0.25) is 0 Å². The van der Waals surface area contributed by atoms with Gasteiger partial charge in [0.2, 0.25) is 11.8 Å². The first-order valence-corrected chi connectivity index (χ1v) is 8.12. The number of aromatic nitrogens is 1. The summed E-state index contributed by atoms with van der Waals surface area (Å²) in [7, 11) is 3.54. The van der Waals surface area contributed by atoms with E-state index in [2.05, 4.69) is 15.6 Å². The Morgan fingerprint density at radius 1 is 1.38 bits per heavy atom. The molecule has 0 aromatic carbocycles. The highest BCUT2D eigenvalue weighted by atomic mass is 16.2. The second-order valence-electron chi connectivity index (χ2n) is 6.10.